The standard InChI is InChI=1S/C20H28ClNO4S.Na.H/c21-17-8-10-18(11-9-17)27(25,26)22-16-15-20(13-5-6-14-20)12-4-2-1-3-7-19(23)24;;/h2,4,8-11,22H,1,3,5-7,12-16H2,(H,23,24);;/q;+1;-1/b4-2-;;. The summed E-state index contributed by atoms with van der Waals surface area (Å²) in [6.45, 7) is 0.414. The number of carboxylic acids is 1. The second kappa shape index (κ2) is 12.4. The molecule has 1 aliphatic rings. The van der Waals surface area contributed by atoms with Crippen molar-refractivity contribution in [2.45, 2.75) is 62.7 Å². The summed E-state index contributed by atoms with van der Waals surface area (Å²) in [4.78, 5) is 10.8. The molecule has 1 aliphatic carbocycles. The summed E-state index contributed by atoms with van der Waals surface area (Å²) in [5.74, 6) is -0.761. The largest absolute Gasteiger partial charge is 1.00 e. The zero-order chi connectivity index (χ0) is 19.8. The number of unbranched alkanes of at least 4 members (excludes halogenated alkanes) is 1. The summed E-state index contributed by atoms with van der Waals surface area (Å²) in [5, 5.41) is 9.16. The van der Waals surface area contributed by atoms with E-state index < -0.39 is 16.0 Å². The Morgan fingerprint density at radius 2 is 1.86 bits per heavy atom. The van der Waals surface area contributed by atoms with Crippen LogP contribution in [-0.4, -0.2) is 26.0 Å². The van der Waals surface area contributed by atoms with Crippen LogP contribution in [0.3, 0.4) is 0 Å². The van der Waals surface area contributed by atoms with Gasteiger partial charge in [0.25, 0.3) is 0 Å². The zero-order valence-corrected chi connectivity index (χ0v) is 20.1. The Labute approximate surface area is 196 Å². The molecule has 8 heteroatoms. The van der Waals surface area contributed by atoms with E-state index in [1.165, 1.54) is 25.0 Å². The molecule has 0 spiro atoms. The molecule has 0 heterocycles. The smallest absolute Gasteiger partial charge is 1.00 e. The van der Waals surface area contributed by atoms with Crippen molar-refractivity contribution >= 4 is 27.6 Å². The first-order chi connectivity index (χ1) is 12.8. The predicted molar refractivity (Wildman–Crippen MR) is 109 cm³/mol. The van der Waals surface area contributed by atoms with Crippen molar-refractivity contribution in [3.63, 3.8) is 0 Å². The van der Waals surface area contributed by atoms with Crippen LogP contribution in [-0.2, 0) is 14.8 Å². The van der Waals surface area contributed by atoms with Crippen molar-refractivity contribution in [1.82, 2.24) is 4.72 Å². The second-order valence-electron chi connectivity index (χ2n) is 7.27. The SMILES string of the molecule is O=C(O)CCC/C=C\CC1(CCNS(=O)(=O)c2ccc(Cl)cc2)CCCC1.[H-].[Na+]. The number of allylic oxidation sites excluding steroid dienone is 2. The van der Waals surface area contributed by atoms with Crippen molar-refractivity contribution in [1.29, 1.82) is 0 Å². The van der Waals surface area contributed by atoms with Gasteiger partial charge in [-0.15, -0.1) is 0 Å². The van der Waals surface area contributed by atoms with Gasteiger partial charge in [0, 0.05) is 18.0 Å². The quantitative estimate of drug-likeness (QED) is 0.314. The molecular formula is C20H29ClNNaO4S. The molecule has 0 bridgehead atoms. The fraction of sp³-hybridized carbons (Fsp3) is 0.550. The van der Waals surface area contributed by atoms with Gasteiger partial charge in [-0.25, -0.2) is 13.1 Å². The van der Waals surface area contributed by atoms with Gasteiger partial charge in [-0.05, 0) is 68.2 Å². The van der Waals surface area contributed by atoms with Crippen LogP contribution in [0.2, 0.25) is 5.02 Å². The van der Waals surface area contributed by atoms with Crippen LogP contribution in [0.5, 0.6) is 0 Å². The van der Waals surface area contributed by atoms with Crippen LogP contribution < -0.4 is 34.3 Å². The van der Waals surface area contributed by atoms with E-state index >= 15 is 0 Å². The van der Waals surface area contributed by atoms with Crippen molar-refractivity contribution in [2.75, 3.05) is 6.54 Å². The van der Waals surface area contributed by atoms with E-state index in [4.69, 9.17) is 16.7 Å². The average Bonchev–Trinajstić information content (AvgIpc) is 3.07. The molecule has 0 atom stereocenters. The molecule has 5 nitrogen and oxygen atoms in total. The third-order valence-corrected chi connectivity index (χ3v) is 6.94. The Bertz CT molecular complexity index is 750. The number of carboxylic acid groups (broad SMARTS) is 1. The normalized spacial score (nSPS) is 16.2. The van der Waals surface area contributed by atoms with Gasteiger partial charge in [0.05, 0.1) is 4.90 Å². The Hall–Kier alpha value is -0.370. The third kappa shape index (κ3) is 8.56. The number of sulfonamides is 1. The Morgan fingerprint density at radius 1 is 1.21 bits per heavy atom. The molecule has 0 unspecified atom stereocenters. The molecule has 0 aromatic heterocycles. The molecule has 0 aliphatic heterocycles. The first kappa shape index (κ1) is 25.7. The molecule has 2 rings (SSSR count). The van der Waals surface area contributed by atoms with Gasteiger partial charge >= 0.3 is 35.5 Å². The molecular weight excluding hydrogens is 409 g/mol. The van der Waals surface area contributed by atoms with E-state index in [0.29, 0.717) is 18.0 Å². The third-order valence-electron chi connectivity index (χ3n) is 5.21. The molecule has 1 aromatic carbocycles. The first-order valence-corrected chi connectivity index (χ1v) is 11.3. The molecule has 1 fully saturated rings. The van der Waals surface area contributed by atoms with Crippen molar-refractivity contribution < 1.29 is 49.3 Å². The number of benzene rings is 1. The number of rotatable bonds is 11. The molecule has 152 valence electrons. The van der Waals surface area contributed by atoms with Crippen LogP contribution in [0.1, 0.15) is 59.2 Å². The van der Waals surface area contributed by atoms with Crippen molar-refractivity contribution in [2.24, 2.45) is 5.41 Å². The van der Waals surface area contributed by atoms with Crippen LogP contribution >= 0.6 is 11.6 Å². The summed E-state index contributed by atoms with van der Waals surface area (Å²) >= 11 is 5.82. The summed E-state index contributed by atoms with van der Waals surface area (Å²) in [7, 11) is -3.52. The van der Waals surface area contributed by atoms with E-state index in [1.54, 1.807) is 12.1 Å². The van der Waals surface area contributed by atoms with Crippen LogP contribution in [0.4, 0.5) is 0 Å². The van der Waals surface area contributed by atoms with Crippen molar-refractivity contribution in [3.05, 3.63) is 41.4 Å². The van der Waals surface area contributed by atoms with E-state index in [2.05, 4.69) is 16.9 Å². The number of hydrogen-bond donors (Lipinski definition) is 2. The Balaban J connectivity index is 0.00000392. The van der Waals surface area contributed by atoms with Gasteiger partial charge in [-0.3, -0.25) is 4.79 Å². The van der Waals surface area contributed by atoms with Gasteiger partial charge in [-0.2, -0.15) is 0 Å². The molecule has 0 radical (unpaired) electrons. The van der Waals surface area contributed by atoms with E-state index in [0.717, 1.165) is 32.1 Å². The minimum Gasteiger partial charge on any atom is -1.00 e. The van der Waals surface area contributed by atoms with Gasteiger partial charge in [0.15, 0.2) is 0 Å². The van der Waals surface area contributed by atoms with Gasteiger partial charge in [-0.1, -0.05) is 36.6 Å². The molecule has 0 amide bonds. The molecule has 28 heavy (non-hydrogen) atoms. The Kier molecular flexibility index (Phi) is 11.3. The molecule has 1 saturated carbocycles. The first-order valence-electron chi connectivity index (χ1n) is 9.45. The van der Waals surface area contributed by atoms with Gasteiger partial charge in [0.2, 0.25) is 10.0 Å². The maximum Gasteiger partial charge on any atom is 1.00 e. The second-order valence-corrected chi connectivity index (χ2v) is 9.47. The minimum absolute atomic E-state index is 0. The topological polar surface area (TPSA) is 83.5 Å². The maximum absolute atomic E-state index is 12.4. The summed E-state index contributed by atoms with van der Waals surface area (Å²) in [6, 6.07) is 6.17. The summed E-state index contributed by atoms with van der Waals surface area (Å²) < 4.78 is 27.5. The number of carbonyl (C=O) groups is 1. The number of nitrogens with one attached hydrogen (secondary N) is 1. The van der Waals surface area contributed by atoms with E-state index in [-0.39, 0.29) is 47.7 Å². The van der Waals surface area contributed by atoms with Crippen LogP contribution in [0.15, 0.2) is 41.3 Å². The molecule has 1 aromatic rings. The Morgan fingerprint density at radius 3 is 2.46 bits per heavy atom. The van der Waals surface area contributed by atoms with E-state index in [9.17, 15) is 13.2 Å². The fourth-order valence-electron chi connectivity index (χ4n) is 3.65. The van der Waals surface area contributed by atoms with Crippen molar-refractivity contribution in [3.8, 4) is 0 Å². The summed E-state index contributed by atoms with van der Waals surface area (Å²) in [6.07, 6.45) is 12.1. The number of halogens is 1. The zero-order valence-electron chi connectivity index (χ0n) is 17.5. The number of aliphatic carboxylic acids is 1. The minimum atomic E-state index is -3.52. The predicted octanol–water partition coefficient (Wildman–Crippen LogP) is 1.89. The van der Waals surface area contributed by atoms with Gasteiger partial charge in [0.1, 0.15) is 0 Å². The number of hydrogen-bond acceptors (Lipinski definition) is 3. The van der Waals surface area contributed by atoms with Gasteiger partial charge < -0.3 is 6.53 Å². The maximum atomic E-state index is 12.4. The van der Waals surface area contributed by atoms with Crippen LogP contribution in [0.25, 0.3) is 0 Å². The molecule has 0 saturated heterocycles. The van der Waals surface area contributed by atoms with E-state index in [1.807, 2.05) is 0 Å². The molecule has 2 N–H and O–H groups in total. The monoisotopic (exact) mass is 437 g/mol. The fourth-order valence-corrected chi connectivity index (χ4v) is 4.81. The van der Waals surface area contributed by atoms with Crippen LogP contribution in [0, 0.1) is 5.41 Å². The average molecular weight is 438 g/mol. The summed E-state index contributed by atoms with van der Waals surface area (Å²) in [5.41, 5.74) is 0.145.